The quantitative estimate of drug-likeness (QED) is 0.552. The van der Waals surface area contributed by atoms with Gasteiger partial charge in [-0.25, -0.2) is 4.39 Å². The van der Waals surface area contributed by atoms with Crippen LogP contribution in [0, 0.1) is 5.82 Å². The van der Waals surface area contributed by atoms with Crippen LogP contribution in [-0.4, -0.2) is 18.7 Å². The number of Topliss-reactive ketones (excluding diaryl/α,β-unsaturated/α-hetero) is 1. The number of ketones is 1. The normalized spacial score (nSPS) is 18.9. The fourth-order valence-electron chi connectivity index (χ4n) is 1.61. The van der Waals surface area contributed by atoms with Gasteiger partial charge in [0.15, 0.2) is 6.29 Å². The van der Waals surface area contributed by atoms with Gasteiger partial charge in [0.2, 0.25) is 5.78 Å². The zero-order chi connectivity index (χ0) is 10.8. The molecular weight excluding hydrogens is 199 g/mol. The highest BCUT2D eigenvalue weighted by molar-refractivity contribution is 6.27. The Kier molecular flexibility index (Phi) is 2.47. The Morgan fingerprint density at radius 1 is 1.53 bits per heavy atom. The number of aldehydes is 1. The van der Waals surface area contributed by atoms with E-state index in [0.717, 1.165) is 0 Å². The van der Waals surface area contributed by atoms with E-state index in [9.17, 15) is 14.0 Å². The van der Waals surface area contributed by atoms with E-state index in [2.05, 4.69) is 10.6 Å². The Morgan fingerprint density at radius 3 is 3.07 bits per heavy atom. The zero-order valence-electron chi connectivity index (χ0n) is 7.79. The Bertz CT molecular complexity index is 420. The maximum Gasteiger partial charge on any atom is 0.216 e. The van der Waals surface area contributed by atoms with Gasteiger partial charge < -0.3 is 5.32 Å². The third-order valence-corrected chi connectivity index (χ3v) is 2.31. The lowest BCUT2D eigenvalue weighted by Crippen LogP contribution is -2.37. The van der Waals surface area contributed by atoms with Gasteiger partial charge in [-0.15, -0.1) is 0 Å². The minimum atomic E-state index is -0.741. The average Bonchev–Trinajstić information content (AvgIpc) is 2.27. The summed E-state index contributed by atoms with van der Waals surface area (Å²) in [4.78, 5) is 21.7. The van der Waals surface area contributed by atoms with Gasteiger partial charge in [0.05, 0.1) is 6.67 Å². The van der Waals surface area contributed by atoms with Crippen molar-refractivity contribution in [3.05, 3.63) is 29.6 Å². The molecule has 0 fully saturated rings. The second-order valence-electron chi connectivity index (χ2n) is 3.24. The SMILES string of the molecule is O=CC(=O)C1NCNc2ccc(F)cc21. The molecule has 0 amide bonds. The first-order valence-corrected chi connectivity index (χ1v) is 4.48. The van der Waals surface area contributed by atoms with Crippen LogP contribution >= 0.6 is 0 Å². The maximum atomic E-state index is 13.0. The molecule has 0 saturated carbocycles. The first-order chi connectivity index (χ1) is 7.22. The number of hydrogen-bond acceptors (Lipinski definition) is 4. The largest absolute Gasteiger partial charge is 0.372 e. The van der Waals surface area contributed by atoms with Crippen molar-refractivity contribution in [1.29, 1.82) is 0 Å². The van der Waals surface area contributed by atoms with E-state index in [1.165, 1.54) is 12.1 Å². The summed E-state index contributed by atoms with van der Waals surface area (Å²) >= 11 is 0. The molecule has 0 spiro atoms. The van der Waals surface area contributed by atoms with Crippen molar-refractivity contribution in [2.24, 2.45) is 0 Å². The van der Waals surface area contributed by atoms with E-state index in [0.29, 0.717) is 17.9 Å². The molecule has 1 heterocycles. The van der Waals surface area contributed by atoms with Crippen LogP contribution in [-0.2, 0) is 9.59 Å². The van der Waals surface area contributed by atoms with Crippen LogP contribution in [0.5, 0.6) is 0 Å². The van der Waals surface area contributed by atoms with Crippen LogP contribution in [0.25, 0.3) is 0 Å². The Morgan fingerprint density at radius 2 is 2.33 bits per heavy atom. The summed E-state index contributed by atoms with van der Waals surface area (Å²) in [5.74, 6) is -1.02. The molecule has 1 aliphatic rings. The molecule has 78 valence electrons. The van der Waals surface area contributed by atoms with Gasteiger partial charge >= 0.3 is 0 Å². The lowest BCUT2D eigenvalue weighted by Gasteiger charge is -2.25. The Labute approximate surface area is 85.5 Å². The van der Waals surface area contributed by atoms with Crippen molar-refractivity contribution < 1.29 is 14.0 Å². The molecule has 1 unspecified atom stereocenters. The molecule has 0 bridgehead atoms. The molecule has 1 atom stereocenters. The van der Waals surface area contributed by atoms with Crippen LogP contribution in [0.1, 0.15) is 11.6 Å². The van der Waals surface area contributed by atoms with Gasteiger partial charge in [-0.1, -0.05) is 0 Å². The highest BCUT2D eigenvalue weighted by Crippen LogP contribution is 2.26. The van der Waals surface area contributed by atoms with Crippen LogP contribution in [0.3, 0.4) is 0 Å². The number of carbonyl (C=O) groups excluding carboxylic acids is 2. The van der Waals surface area contributed by atoms with Gasteiger partial charge in [0, 0.05) is 11.3 Å². The maximum absolute atomic E-state index is 13.0. The van der Waals surface area contributed by atoms with Gasteiger partial charge in [-0.05, 0) is 18.2 Å². The minimum absolute atomic E-state index is 0.248. The monoisotopic (exact) mass is 208 g/mol. The van der Waals surface area contributed by atoms with Gasteiger partial charge in [0.1, 0.15) is 11.9 Å². The second-order valence-corrected chi connectivity index (χ2v) is 3.24. The predicted octanol–water partition coefficient (Wildman–Crippen LogP) is 0.607. The van der Waals surface area contributed by atoms with E-state index in [1.807, 2.05) is 0 Å². The smallest absolute Gasteiger partial charge is 0.216 e. The number of carbonyl (C=O) groups is 2. The van der Waals surface area contributed by atoms with Crippen molar-refractivity contribution in [3.8, 4) is 0 Å². The van der Waals surface area contributed by atoms with Crippen molar-refractivity contribution in [1.82, 2.24) is 5.32 Å². The van der Waals surface area contributed by atoms with Gasteiger partial charge in [-0.2, -0.15) is 0 Å². The van der Waals surface area contributed by atoms with Crippen LogP contribution in [0.4, 0.5) is 10.1 Å². The summed E-state index contributed by atoms with van der Waals surface area (Å²) in [5.41, 5.74) is 1.15. The lowest BCUT2D eigenvalue weighted by molar-refractivity contribution is -0.131. The van der Waals surface area contributed by atoms with Crippen molar-refractivity contribution in [2.45, 2.75) is 6.04 Å². The highest BCUT2D eigenvalue weighted by atomic mass is 19.1. The molecule has 1 aliphatic heterocycles. The second kappa shape index (κ2) is 3.78. The number of hydrogen-bond donors (Lipinski definition) is 2. The number of fused-ring (bicyclic) bond motifs is 1. The van der Waals surface area contributed by atoms with E-state index >= 15 is 0 Å². The van der Waals surface area contributed by atoms with E-state index in [4.69, 9.17) is 0 Å². The lowest BCUT2D eigenvalue weighted by atomic mass is 9.99. The van der Waals surface area contributed by atoms with Crippen molar-refractivity contribution in [2.75, 3.05) is 12.0 Å². The van der Waals surface area contributed by atoms with Crippen molar-refractivity contribution >= 4 is 17.8 Å². The highest BCUT2D eigenvalue weighted by Gasteiger charge is 2.25. The third-order valence-electron chi connectivity index (χ3n) is 2.31. The summed E-state index contributed by atoms with van der Waals surface area (Å²) in [5, 5.41) is 5.75. The van der Waals surface area contributed by atoms with Crippen molar-refractivity contribution in [3.63, 3.8) is 0 Å². The fraction of sp³-hybridized carbons (Fsp3) is 0.200. The van der Waals surface area contributed by atoms with Crippen LogP contribution < -0.4 is 10.6 Å². The van der Waals surface area contributed by atoms with Gasteiger partial charge in [0.25, 0.3) is 0 Å². The number of anilines is 1. The number of halogens is 1. The summed E-state index contributed by atoms with van der Waals surface area (Å²) in [6.07, 6.45) is 0.248. The summed E-state index contributed by atoms with van der Waals surface area (Å²) in [6, 6.07) is 3.37. The Hall–Kier alpha value is -1.75. The molecule has 2 rings (SSSR count). The Balaban J connectivity index is 2.44. The molecule has 4 nitrogen and oxygen atoms in total. The molecule has 2 N–H and O–H groups in total. The molecule has 0 aromatic heterocycles. The fourth-order valence-corrected chi connectivity index (χ4v) is 1.61. The first-order valence-electron chi connectivity index (χ1n) is 4.48. The predicted molar refractivity (Wildman–Crippen MR) is 51.8 cm³/mol. The molecule has 1 aromatic rings. The standard InChI is InChI=1S/C10H9FN2O2/c11-6-1-2-8-7(3-6)10(9(15)4-14)13-5-12-8/h1-4,10,12-13H,5H2. The van der Waals surface area contributed by atoms with E-state index in [-0.39, 0.29) is 6.29 Å². The number of rotatable bonds is 2. The van der Waals surface area contributed by atoms with E-state index < -0.39 is 17.6 Å². The number of nitrogens with one attached hydrogen (secondary N) is 2. The third kappa shape index (κ3) is 1.73. The van der Waals surface area contributed by atoms with Crippen LogP contribution in [0.15, 0.2) is 18.2 Å². The molecule has 0 aliphatic carbocycles. The molecular formula is C10H9FN2O2. The molecule has 5 heteroatoms. The first kappa shape index (κ1) is 9.79. The van der Waals surface area contributed by atoms with E-state index in [1.54, 1.807) is 6.07 Å². The summed E-state index contributed by atoms with van der Waals surface area (Å²) in [7, 11) is 0. The molecule has 1 aromatic carbocycles. The molecule has 15 heavy (non-hydrogen) atoms. The number of benzene rings is 1. The zero-order valence-corrected chi connectivity index (χ0v) is 7.79. The minimum Gasteiger partial charge on any atom is -0.372 e. The van der Waals surface area contributed by atoms with Gasteiger partial charge in [-0.3, -0.25) is 14.9 Å². The van der Waals surface area contributed by atoms with Crippen LogP contribution in [0.2, 0.25) is 0 Å². The topological polar surface area (TPSA) is 58.2 Å². The molecule has 0 saturated heterocycles. The molecule has 0 radical (unpaired) electrons. The average molecular weight is 208 g/mol. The summed E-state index contributed by atoms with van der Waals surface area (Å²) < 4.78 is 13.0. The summed E-state index contributed by atoms with van der Waals surface area (Å²) in [6.45, 7) is 0.378.